The number of alkyl halides is 1. The van der Waals surface area contributed by atoms with Crippen molar-refractivity contribution in [3.8, 4) is 0 Å². The lowest BCUT2D eigenvalue weighted by molar-refractivity contribution is 0.577. The second-order valence-corrected chi connectivity index (χ2v) is 4.40. The second kappa shape index (κ2) is 5.60. The van der Waals surface area contributed by atoms with E-state index in [0.29, 0.717) is 4.90 Å². The van der Waals surface area contributed by atoms with Gasteiger partial charge >= 0.3 is 0 Å². The third-order valence-corrected chi connectivity index (χ3v) is 3.11. The van der Waals surface area contributed by atoms with Crippen LogP contribution in [0.1, 0.15) is 6.42 Å². The van der Waals surface area contributed by atoms with Crippen molar-refractivity contribution >= 4 is 27.7 Å². The zero-order valence-corrected chi connectivity index (χ0v) is 9.30. The molecule has 0 atom stereocenters. The van der Waals surface area contributed by atoms with Crippen molar-refractivity contribution in [1.29, 1.82) is 0 Å². The van der Waals surface area contributed by atoms with Gasteiger partial charge in [-0.2, -0.15) is 0 Å². The van der Waals surface area contributed by atoms with Crippen LogP contribution in [0.4, 0.5) is 8.78 Å². The predicted octanol–water partition coefficient (Wildman–Crippen LogP) is 3.84. The molecule has 0 aliphatic carbocycles. The Hall–Kier alpha value is -0.0900. The fraction of sp³-hybridized carbons (Fsp3) is 0.333. The summed E-state index contributed by atoms with van der Waals surface area (Å²) in [5.41, 5.74) is 0. The van der Waals surface area contributed by atoms with Gasteiger partial charge in [-0.3, -0.25) is 0 Å². The molecule has 0 spiro atoms. The van der Waals surface area contributed by atoms with Crippen LogP contribution in [-0.2, 0) is 0 Å². The van der Waals surface area contributed by atoms with Gasteiger partial charge < -0.3 is 0 Å². The minimum absolute atomic E-state index is 0.346. The zero-order chi connectivity index (χ0) is 9.68. The molecule has 0 unspecified atom stereocenters. The number of hydrogen-bond acceptors (Lipinski definition) is 1. The number of benzene rings is 1. The molecule has 0 amide bonds. The van der Waals surface area contributed by atoms with Gasteiger partial charge in [0.1, 0.15) is 11.6 Å². The van der Waals surface area contributed by atoms with Gasteiger partial charge in [-0.25, -0.2) is 8.78 Å². The van der Waals surface area contributed by atoms with Crippen LogP contribution in [0.2, 0.25) is 0 Å². The van der Waals surface area contributed by atoms with E-state index in [1.807, 2.05) is 0 Å². The highest BCUT2D eigenvalue weighted by molar-refractivity contribution is 9.09. The SMILES string of the molecule is Fc1ccc(F)c(SCCCBr)c1. The van der Waals surface area contributed by atoms with Crippen LogP contribution in [0.5, 0.6) is 0 Å². The van der Waals surface area contributed by atoms with Crippen LogP contribution in [0.15, 0.2) is 23.1 Å². The summed E-state index contributed by atoms with van der Waals surface area (Å²) in [6.07, 6.45) is 0.945. The van der Waals surface area contributed by atoms with Crippen molar-refractivity contribution in [1.82, 2.24) is 0 Å². The number of thioether (sulfide) groups is 1. The van der Waals surface area contributed by atoms with Gasteiger partial charge in [0, 0.05) is 10.2 Å². The minimum atomic E-state index is -0.386. The van der Waals surface area contributed by atoms with E-state index in [9.17, 15) is 8.78 Å². The fourth-order valence-electron chi connectivity index (χ4n) is 0.824. The summed E-state index contributed by atoms with van der Waals surface area (Å²) in [6, 6.07) is 3.52. The molecule has 0 aromatic heterocycles. The maximum absolute atomic E-state index is 13.0. The molecule has 0 radical (unpaired) electrons. The molecule has 0 aliphatic rings. The molecule has 0 fully saturated rings. The first-order chi connectivity index (χ1) is 6.24. The zero-order valence-electron chi connectivity index (χ0n) is 6.90. The summed E-state index contributed by atoms with van der Waals surface area (Å²) in [6.45, 7) is 0. The van der Waals surface area contributed by atoms with Crippen molar-refractivity contribution in [2.45, 2.75) is 11.3 Å². The predicted molar refractivity (Wildman–Crippen MR) is 55.5 cm³/mol. The molecule has 0 saturated heterocycles. The van der Waals surface area contributed by atoms with E-state index in [1.54, 1.807) is 0 Å². The van der Waals surface area contributed by atoms with E-state index in [0.717, 1.165) is 29.6 Å². The van der Waals surface area contributed by atoms with Gasteiger partial charge in [-0.1, -0.05) is 15.9 Å². The summed E-state index contributed by atoms with van der Waals surface area (Å²) in [4.78, 5) is 0.390. The third-order valence-electron chi connectivity index (χ3n) is 1.43. The van der Waals surface area contributed by atoms with Crippen LogP contribution < -0.4 is 0 Å². The van der Waals surface area contributed by atoms with Crippen molar-refractivity contribution in [3.63, 3.8) is 0 Å². The first-order valence-corrected chi connectivity index (χ1v) is 5.98. The van der Waals surface area contributed by atoms with E-state index < -0.39 is 0 Å². The monoisotopic (exact) mass is 266 g/mol. The first kappa shape index (κ1) is 11.0. The van der Waals surface area contributed by atoms with E-state index in [4.69, 9.17) is 0 Å². The normalized spacial score (nSPS) is 10.4. The second-order valence-electron chi connectivity index (χ2n) is 2.47. The fourth-order valence-corrected chi connectivity index (χ4v) is 2.39. The maximum Gasteiger partial charge on any atom is 0.136 e. The third kappa shape index (κ3) is 3.65. The molecule has 13 heavy (non-hydrogen) atoms. The van der Waals surface area contributed by atoms with Crippen LogP contribution in [0, 0.1) is 11.6 Å². The number of halogens is 3. The number of hydrogen-bond donors (Lipinski definition) is 0. The summed E-state index contributed by atoms with van der Waals surface area (Å²) in [7, 11) is 0. The van der Waals surface area contributed by atoms with Gasteiger partial charge in [0.25, 0.3) is 0 Å². The summed E-state index contributed by atoms with van der Waals surface area (Å²) < 4.78 is 25.7. The average Bonchev–Trinajstić information content (AvgIpc) is 2.11. The molecule has 0 bridgehead atoms. The molecule has 0 saturated carbocycles. The molecule has 0 heterocycles. The highest BCUT2D eigenvalue weighted by Crippen LogP contribution is 2.23. The Balaban J connectivity index is 2.59. The summed E-state index contributed by atoms with van der Waals surface area (Å²) in [5, 5.41) is 0.886. The summed E-state index contributed by atoms with van der Waals surface area (Å²) >= 11 is 4.62. The van der Waals surface area contributed by atoms with Crippen LogP contribution in [0.25, 0.3) is 0 Å². The highest BCUT2D eigenvalue weighted by atomic mass is 79.9. The summed E-state index contributed by atoms with van der Waals surface area (Å²) in [5.74, 6) is 0.0646. The lowest BCUT2D eigenvalue weighted by Crippen LogP contribution is -1.86. The molecule has 1 aromatic carbocycles. The quantitative estimate of drug-likeness (QED) is 0.453. The van der Waals surface area contributed by atoms with Gasteiger partial charge in [-0.15, -0.1) is 11.8 Å². The molecule has 0 N–H and O–H groups in total. The Morgan fingerprint density at radius 3 is 2.77 bits per heavy atom. The topological polar surface area (TPSA) is 0 Å². The Morgan fingerprint density at radius 2 is 2.08 bits per heavy atom. The van der Waals surface area contributed by atoms with Gasteiger partial charge in [0.15, 0.2) is 0 Å². The van der Waals surface area contributed by atoms with Gasteiger partial charge in [0.05, 0.1) is 0 Å². The Bertz CT molecular complexity index is 278. The molecule has 4 heteroatoms. The molecule has 0 nitrogen and oxygen atoms in total. The average molecular weight is 267 g/mol. The van der Waals surface area contributed by atoms with Crippen LogP contribution in [0.3, 0.4) is 0 Å². The molecule has 1 aromatic rings. The highest BCUT2D eigenvalue weighted by Gasteiger charge is 2.03. The van der Waals surface area contributed by atoms with E-state index >= 15 is 0 Å². The standard InChI is InChI=1S/C9H9BrF2S/c10-4-1-5-13-9-6-7(11)2-3-8(9)12/h2-3,6H,1,4-5H2. The van der Waals surface area contributed by atoms with E-state index in [2.05, 4.69) is 15.9 Å². The minimum Gasteiger partial charge on any atom is -0.207 e. The van der Waals surface area contributed by atoms with Gasteiger partial charge in [0.2, 0.25) is 0 Å². The van der Waals surface area contributed by atoms with Crippen molar-refractivity contribution < 1.29 is 8.78 Å². The smallest absolute Gasteiger partial charge is 0.136 e. The van der Waals surface area contributed by atoms with Gasteiger partial charge in [-0.05, 0) is 30.4 Å². The van der Waals surface area contributed by atoms with E-state index in [1.165, 1.54) is 17.8 Å². The molecule has 72 valence electrons. The largest absolute Gasteiger partial charge is 0.207 e. The number of rotatable bonds is 4. The molecular weight excluding hydrogens is 258 g/mol. The Labute approximate surface area is 88.8 Å². The van der Waals surface area contributed by atoms with E-state index in [-0.39, 0.29) is 11.6 Å². The van der Waals surface area contributed by atoms with Crippen LogP contribution in [-0.4, -0.2) is 11.1 Å². The lowest BCUT2D eigenvalue weighted by atomic mass is 10.3. The Morgan fingerprint density at radius 1 is 1.31 bits per heavy atom. The van der Waals surface area contributed by atoms with Crippen molar-refractivity contribution in [2.75, 3.05) is 11.1 Å². The van der Waals surface area contributed by atoms with Crippen molar-refractivity contribution in [2.24, 2.45) is 0 Å². The first-order valence-electron chi connectivity index (χ1n) is 3.88. The van der Waals surface area contributed by atoms with Crippen LogP contribution >= 0.6 is 27.7 Å². The lowest BCUT2D eigenvalue weighted by Gasteiger charge is -2.01. The maximum atomic E-state index is 13.0. The van der Waals surface area contributed by atoms with Crippen molar-refractivity contribution in [3.05, 3.63) is 29.8 Å². The molecular formula is C9H9BrF2S. The Kier molecular flexibility index (Phi) is 4.73. The molecule has 1 rings (SSSR count). The molecule has 0 aliphatic heterocycles.